The molecular weight excluding hydrogens is 707 g/mol. The Morgan fingerprint density at radius 1 is 0.298 bits per heavy atom. The van der Waals surface area contributed by atoms with Crippen LogP contribution in [-0.4, -0.2) is 0 Å². The zero-order valence-electron chi connectivity index (χ0n) is 31.1. The molecule has 0 radical (unpaired) electrons. The maximum atomic E-state index is 2.49. The molecule has 0 N–H and O–H groups in total. The van der Waals surface area contributed by atoms with Crippen molar-refractivity contribution in [2.24, 2.45) is 0 Å². The zero-order valence-corrected chi connectivity index (χ0v) is 31.9. The Kier molecular flexibility index (Phi) is 7.08. The van der Waals surface area contributed by atoms with E-state index in [9.17, 15) is 0 Å². The maximum absolute atomic E-state index is 2.49. The van der Waals surface area contributed by atoms with Crippen molar-refractivity contribution in [2.75, 3.05) is 4.90 Å². The lowest BCUT2D eigenvalue weighted by Crippen LogP contribution is -2.26. The Hall–Kier alpha value is -7.00. The molecule has 0 unspecified atom stereocenters. The van der Waals surface area contributed by atoms with Gasteiger partial charge >= 0.3 is 0 Å². The van der Waals surface area contributed by atoms with Gasteiger partial charge in [0.2, 0.25) is 0 Å². The van der Waals surface area contributed by atoms with Crippen LogP contribution in [0.4, 0.5) is 17.1 Å². The minimum absolute atomic E-state index is 0.413. The summed E-state index contributed by atoms with van der Waals surface area (Å²) < 4.78 is 2.62. The molecule has 266 valence electrons. The van der Waals surface area contributed by atoms with Crippen molar-refractivity contribution in [3.05, 3.63) is 235 Å². The summed E-state index contributed by atoms with van der Waals surface area (Å²) in [6.07, 6.45) is 0. The van der Waals surface area contributed by atoms with Crippen molar-refractivity contribution in [2.45, 2.75) is 5.41 Å². The van der Waals surface area contributed by atoms with Crippen LogP contribution >= 0.6 is 11.3 Å². The number of hydrogen-bond donors (Lipinski definition) is 0. The van der Waals surface area contributed by atoms with Crippen LogP contribution in [0.3, 0.4) is 0 Å². The van der Waals surface area contributed by atoms with Crippen molar-refractivity contribution in [3.63, 3.8) is 0 Å². The summed E-state index contributed by atoms with van der Waals surface area (Å²) in [6, 6.07) is 78.7. The summed E-state index contributed by atoms with van der Waals surface area (Å²) in [5, 5.41) is 2.59. The number of rotatable bonds is 5. The first-order valence-corrected chi connectivity index (χ1v) is 20.5. The van der Waals surface area contributed by atoms with Gasteiger partial charge in [-0.25, -0.2) is 0 Å². The highest BCUT2D eigenvalue weighted by molar-refractivity contribution is 7.25. The number of fused-ring (bicyclic) bond motifs is 13. The van der Waals surface area contributed by atoms with Crippen LogP contribution in [0, 0.1) is 0 Å². The van der Waals surface area contributed by atoms with Gasteiger partial charge in [-0.05, 0) is 115 Å². The fourth-order valence-corrected chi connectivity index (χ4v) is 10.9. The predicted molar refractivity (Wildman–Crippen MR) is 241 cm³/mol. The van der Waals surface area contributed by atoms with Gasteiger partial charge in [0, 0.05) is 37.2 Å². The summed E-state index contributed by atoms with van der Waals surface area (Å²) >= 11 is 1.86. The molecule has 0 amide bonds. The monoisotopic (exact) mass is 741 g/mol. The summed E-state index contributed by atoms with van der Waals surface area (Å²) in [5.74, 6) is 0. The standard InChI is InChI=1S/C55H35NS/c1-2-12-36(13-3-1)37-22-24-38(25-23-37)39-26-28-40(29-27-39)56(41-31-33-54-48(34-41)47-17-7-11-21-53(47)57-54)42-30-32-46-45-16-6-10-20-51(45)55(52(46)35-42)49-18-8-4-14-43(49)44-15-5-9-19-50(44)55/h1-35H. The normalized spacial score (nSPS) is 13.1. The highest BCUT2D eigenvalue weighted by atomic mass is 32.1. The Morgan fingerprint density at radius 2 is 0.737 bits per heavy atom. The van der Waals surface area contributed by atoms with Crippen LogP contribution in [0.2, 0.25) is 0 Å². The van der Waals surface area contributed by atoms with Gasteiger partial charge in [0.05, 0.1) is 5.41 Å². The summed E-state index contributed by atoms with van der Waals surface area (Å²) in [6.45, 7) is 0. The van der Waals surface area contributed by atoms with Crippen molar-refractivity contribution >= 4 is 48.6 Å². The minimum Gasteiger partial charge on any atom is -0.310 e. The van der Waals surface area contributed by atoms with E-state index in [1.165, 1.54) is 86.9 Å². The van der Waals surface area contributed by atoms with Crippen LogP contribution in [0.15, 0.2) is 212 Å². The minimum atomic E-state index is -0.413. The van der Waals surface area contributed by atoms with E-state index in [2.05, 4.69) is 217 Å². The van der Waals surface area contributed by atoms with Gasteiger partial charge < -0.3 is 4.90 Å². The van der Waals surface area contributed by atoms with Gasteiger partial charge in [-0.3, -0.25) is 0 Å². The topological polar surface area (TPSA) is 3.24 Å². The molecule has 0 saturated carbocycles. The van der Waals surface area contributed by atoms with E-state index in [1.807, 2.05) is 11.3 Å². The Balaban J connectivity index is 1.05. The van der Waals surface area contributed by atoms with Gasteiger partial charge in [0.15, 0.2) is 0 Å². The largest absolute Gasteiger partial charge is 0.310 e. The second-order valence-corrected chi connectivity index (χ2v) is 16.3. The third-order valence-electron chi connectivity index (χ3n) is 12.3. The second-order valence-electron chi connectivity index (χ2n) is 15.2. The van der Waals surface area contributed by atoms with E-state index >= 15 is 0 Å². The van der Waals surface area contributed by atoms with Crippen LogP contribution in [0.25, 0.3) is 64.7 Å². The molecule has 57 heavy (non-hydrogen) atoms. The van der Waals surface area contributed by atoms with E-state index in [-0.39, 0.29) is 0 Å². The van der Waals surface area contributed by atoms with E-state index in [1.54, 1.807) is 0 Å². The highest BCUT2D eigenvalue weighted by Crippen LogP contribution is 2.63. The van der Waals surface area contributed by atoms with Gasteiger partial charge in [0.1, 0.15) is 0 Å². The first-order valence-electron chi connectivity index (χ1n) is 19.7. The number of hydrogen-bond acceptors (Lipinski definition) is 2. The lowest BCUT2D eigenvalue weighted by atomic mass is 9.70. The molecule has 2 aliphatic rings. The predicted octanol–water partition coefficient (Wildman–Crippen LogP) is 15.2. The van der Waals surface area contributed by atoms with Crippen LogP contribution in [0.1, 0.15) is 22.3 Å². The van der Waals surface area contributed by atoms with E-state index in [4.69, 9.17) is 0 Å². The highest BCUT2D eigenvalue weighted by Gasteiger charge is 2.51. The van der Waals surface area contributed by atoms with Crippen molar-refractivity contribution < 1.29 is 0 Å². The molecule has 1 spiro atoms. The first kappa shape index (κ1) is 32.3. The fourth-order valence-electron chi connectivity index (χ4n) is 9.81. The van der Waals surface area contributed by atoms with Gasteiger partial charge in [0.25, 0.3) is 0 Å². The molecule has 12 rings (SSSR count). The molecule has 0 aliphatic heterocycles. The second kappa shape index (κ2) is 12.5. The lowest BCUT2D eigenvalue weighted by Gasteiger charge is -2.32. The molecule has 9 aromatic carbocycles. The number of anilines is 3. The average molecular weight is 742 g/mol. The molecule has 10 aromatic rings. The first-order chi connectivity index (χ1) is 28.3. The Bertz CT molecular complexity index is 3110. The molecule has 0 atom stereocenters. The van der Waals surface area contributed by atoms with Crippen molar-refractivity contribution in [1.29, 1.82) is 0 Å². The zero-order chi connectivity index (χ0) is 37.5. The van der Waals surface area contributed by atoms with Crippen molar-refractivity contribution in [1.82, 2.24) is 0 Å². The Labute approximate surface area is 336 Å². The third-order valence-corrected chi connectivity index (χ3v) is 13.5. The number of thiophene rings is 1. The SMILES string of the molecule is c1ccc(-c2ccc(-c3ccc(N(c4ccc5c(c4)C4(c6ccccc6-c6ccccc64)c4ccccc4-5)c4ccc5sc6ccccc6c5c4)cc3)cc2)cc1. The third kappa shape index (κ3) is 4.75. The fraction of sp³-hybridized carbons (Fsp3) is 0.0182. The van der Waals surface area contributed by atoms with E-state index in [0.29, 0.717) is 0 Å². The van der Waals surface area contributed by atoms with E-state index in [0.717, 1.165) is 17.1 Å². The molecule has 0 bridgehead atoms. The quantitative estimate of drug-likeness (QED) is 0.170. The summed E-state index contributed by atoms with van der Waals surface area (Å²) in [4.78, 5) is 2.46. The van der Waals surface area contributed by atoms with Crippen LogP contribution in [-0.2, 0) is 5.41 Å². The van der Waals surface area contributed by atoms with Gasteiger partial charge in [-0.2, -0.15) is 0 Å². The summed E-state index contributed by atoms with van der Waals surface area (Å²) in [7, 11) is 0. The molecule has 0 saturated heterocycles. The number of benzene rings is 9. The van der Waals surface area contributed by atoms with Crippen LogP contribution < -0.4 is 4.90 Å². The molecule has 2 aliphatic carbocycles. The average Bonchev–Trinajstić information content (AvgIpc) is 3.91. The molecule has 1 heterocycles. The molecule has 1 nitrogen and oxygen atoms in total. The molecule has 1 aromatic heterocycles. The summed E-state index contributed by atoms with van der Waals surface area (Å²) in [5.41, 5.74) is 18.5. The van der Waals surface area contributed by atoms with Gasteiger partial charge in [-0.1, -0.05) is 164 Å². The van der Waals surface area contributed by atoms with Crippen LogP contribution in [0.5, 0.6) is 0 Å². The van der Waals surface area contributed by atoms with Gasteiger partial charge in [-0.15, -0.1) is 11.3 Å². The molecule has 0 fully saturated rings. The Morgan fingerprint density at radius 3 is 1.37 bits per heavy atom. The van der Waals surface area contributed by atoms with Crippen molar-refractivity contribution in [3.8, 4) is 44.5 Å². The maximum Gasteiger partial charge on any atom is 0.0726 e. The molecule has 2 heteroatoms. The number of nitrogens with zero attached hydrogens (tertiary/aromatic N) is 1. The van der Waals surface area contributed by atoms with E-state index < -0.39 is 5.41 Å². The lowest BCUT2D eigenvalue weighted by molar-refractivity contribution is 0.793. The molecular formula is C55H35NS. The smallest absolute Gasteiger partial charge is 0.0726 e.